The molecule has 2 aromatic rings. The fourth-order valence-corrected chi connectivity index (χ4v) is 3.30. The van der Waals surface area contributed by atoms with E-state index in [1.807, 2.05) is 30.7 Å². The van der Waals surface area contributed by atoms with E-state index in [9.17, 15) is 14.7 Å². The van der Waals surface area contributed by atoms with Crippen LogP contribution in [-0.2, 0) is 11.3 Å². The third kappa shape index (κ3) is 3.56. The minimum atomic E-state index is -1.01. The largest absolute Gasteiger partial charge is 0.480 e. The van der Waals surface area contributed by atoms with Gasteiger partial charge in [0.15, 0.2) is 0 Å². The summed E-state index contributed by atoms with van der Waals surface area (Å²) in [6.45, 7) is 4.74. The first kappa shape index (κ1) is 17.2. The van der Waals surface area contributed by atoms with Gasteiger partial charge in [0, 0.05) is 23.8 Å². The van der Waals surface area contributed by atoms with Crippen LogP contribution in [0.3, 0.4) is 0 Å². The third-order valence-electron chi connectivity index (χ3n) is 4.49. The summed E-state index contributed by atoms with van der Waals surface area (Å²) >= 11 is 0. The molecule has 2 heterocycles. The number of aryl methyl sites for hydroxylation is 2. The summed E-state index contributed by atoms with van der Waals surface area (Å²) in [5, 5.41) is 13.7. The summed E-state index contributed by atoms with van der Waals surface area (Å²) in [6, 6.07) is 8.07. The number of carboxylic acid groups (broad SMARTS) is 1. The Morgan fingerprint density at radius 3 is 2.72 bits per heavy atom. The molecule has 7 heteroatoms. The smallest absolute Gasteiger partial charge is 0.326 e. The van der Waals surface area contributed by atoms with E-state index in [0.717, 1.165) is 17.0 Å². The van der Waals surface area contributed by atoms with Crippen molar-refractivity contribution in [3.05, 3.63) is 52.8 Å². The summed E-state index contributed by atoms with van der Waals surface area (Å²) < 4.78 is 1.88. The molecule has 0 saturated carbocycles. The van der Waals surface area contributed by atoms with Crippen LogP contribution in [0.5, 0.6) is 0 Å². The van der Waals surface area contributed by atoms with Crippen molar-refractivity contribution in [2.75, 3.05) is 6.54 Å². The van der Waals surface area contributed by atoms with Crippen LogP contribution in [0, 0.1) is 13.8 Å². The number of hydrogen-bond acceptors (Lipinski definition) is 4. The van der Waals surface area contributed by atoms with Crippen molar-refractivity contribution in [3.8, 4) is 0 Å². The second-order valence-electron chi connectivity index (χ2n) is 6.59. The van der Waals surface area contributed by atoms with E-state index in [1.165, 1.54) is 4.90 Å². The van der Waals surface area contributed by atoms with Gasteiger partial charge < -0.3 is 15.7 Å². The molecule has 2 atom stereocenters. The number of nitrogens with zero attached hydrogens (tertiary/aromatic N) is 3. The summed E-state index contributed by atoms with van der Waals surface area (Å²) in [5.74, 6) is -1.31. The number of hydrogen-bond donors (Lipinski definition) is 2. The van der Waals surface area contributed by atoms with E-state index in [4.69, 9.17) is 5.73 Å². The van der Waals surface area contributed by atoms with E-state index in [0.29, 0.717) is 12.1 Å². The van der Waals surface area contributed by atoms with Crippen LogP contribution in [0.4, 0.5) is 0 Å². The van der Waals surface area contributed by atoms with Gasteiger partial charge in [-0.25, -0.2) is 4.79 Å². The predicted molar refractivity (Wildman–Crippen MR) is 92.3 cm³/mol. The third-order valence-corrected chi connectivity index (χ3v) is 4.49. The quantitative estimate of drug-likeness (QED) is 0.869. The van der Waals surface area contributed by atoms with Crippen LogP contribution in [0.25, 0.3) is 0 Å². The highest BCUT2D eigenvalue weighted by atomic mass is 16.4. The van der Waals surface area contributed by atoms with E-state index in [1.54, 1.807) is 18.2 Å². The first-order chi connectivity index (χ1) is 11.8. The summed E-state index contributed by atoms with van der Waals surface area (Å²) in [4.78, 5) is 25.5. The van der Waals surface area contributed by atoms with Gasteiger partial charge >= 0.3 is 5.97 Å². The lowest BCUT2D eigenvalue weighted by molar-refractivity contribution is -0.141. The predicted octanol–water partition coefficient (Wildman–Crippen LogP) is 1.17. The fraction of sp³-hybridized carbons (Fsp3) is 0.389. The standard InChI is InChI=1S/C18H22N4O3/c1-11-6-12(2)22(20-11)9-13-4-3-5-14(7-13)17(23)21-10-15(19)8-16(21)18(24)25/h3-7,15-16H,8-10,19H2,1-2H3,(H,24,25)/t15-,16-/m0/s1. The molecule has 0 spiro atoms. The van der Waals surface area contributed by atoms with Gasteiger partial charge in [-0.2, -0.15) is 5.10 Å². The molecule has 3 N–H and O–H groups in total. The van der Waals surface area contributed by atoms with Crippen LogP contribution in [0.15, 0.2) is 30.3 Å². The van der Waals surface area contributed by atoms with Gasteiger partial charge in [0.05, 0.1) is 12.2 Å². The molecule has 132 valence electrons. The van der Waals surface area contributed by atoms with E-state index in [2.05, 4.69) is 5.10 Å². The van der Waals surface area contributed by atoms with Crippen LogP contribution in [0.2, 0.25) is 0 Å². The lowest BCUT2D eigenvalue weighted by Gasteiger charge is -2.21. The number of carbonyl (C=O) groups is 2. The Morgan fingerprint density at radius 2 is 2.08 bits per heavy atom. The minimum absolute atomic E-state index is 0.261. The number of amides is 1. The molecular weight excluding hydrogens is 320 g/mol. The molecule has 1 aliphatic heterocycles. The van der Waals surface area contributed by atoms with E-state index >= 15 is 0 Å². The molecule has 1 amide bonds. The molecule has 0 aliphatic carbocycles. The Balaban J connectivity index is 1.82. The molecule has 3 rings (SSSR count). The van der Waals surface area contributed by atoms with Crippen molar-refractivity contribution >= 4 is 11.9 Å². The summed E-state index contributed by atoms with van der Waals surface area (Å²) in [5.41, 5.74) is 9.25. The molecule has 1 aromatic heterocycles. The summed E-state index contributed by atoms with van der Waals surface area (Å²) in [7, 11) is 0. The lowest BCUT2D eigenvalue weighted by atomic mass is 10.1. The highest BCUT2D eigenvalue weighted by Crippen LogP contribution is 2.21. The van der Waals surface area contributed by atoms with Gasteiger partial charge in [-0.1, -0.05) is 12.1 Å². The minimum Gasteiger partial charge on any atom is -0.480 e. The SMILES string of the molecule is Cc1cc(C)n(Cc2cccc(C(=O)N3C[C@@H](N)C[C@H]3C(=O)O)c2)n1. The highest BCUT2D eigenvalue weighted by Gasteiger charge is 2.38. The van der Waals surface area contributed by atoms with Gasteiger partial charge in [-0.3, -0.25) is 9.48 Å². The molecule has 25 heavy (non-hydrogen) atoms. The van der Waals surface area contributed by atoms with Crippen molar-refractivity contribution < 1.29 is 14.7 Å². The number of aromatic nitrogens is 2. The maximum absolute atomic E-state index is 12.8. The maximum Gasteiger partial charge on any atom is 0.326 e. The topological polar surface area (TPSA) is 101 Å². The number of carboxylic acids is 1. The molecule has 0 bridgehead atoms. The first-order valence-electron chi connectivity index (χ1n) is 8.24. The molecule has 0 unspecified atom stereocenters. The van der Waals surface area contributed by atoms with E-state index in [-0.39, 0.29) is 24.9 Å². The van der Waals surface area contributed by atoms with Crippen molar-refractivity contribution in [1.29, 1.82) is 0 Å². The maximum atomic E-state index is 12.8. The second kappa shape index (κ2) is 6.68. The average Bonchev–Trinajstić information content (AvgIpc) is 3.09. The average molecular weight is 342 g/mol. The Hall–Kier alpha value is -2.67. The number of rotatable bonds is 4. The lowest BCUT2D eigenvalue weighted by Crippen LogP contribution is -2.40. The van der Waals surface area contributed by atoms with Gasteiger partial charge in [-0.05, 0) is 44.0 Å². The highest BCUT2D eigenvalue weighted by molar-refractivity contribution is 5.97. The number of nitrogens with two attached hydrogens (primary N) is 1. The second-order valence-corrected chi connectivity index (χ2v) is 6.59. The molecular formula is C18H22N4O3. The Kier molecular flexibility index (Phi) is 4.59. The Bertz CT molecular complexity index is 814. The van der Waals surface area contributed by atoms with Crippen molar-refractivity contribution in [2.45, 2.75) is 38.9 Å². The van der Waals surface area contributed by atoms with Gasteiger partial charge in [0.2, 0.25) is 0 Å². The van der Waals surface area contributed by atoms with Crippen LogP contribution >= 0.6 is 0 Å². The van der Waals surface area contributed by atoms with Crippen LogP contribution < -0.4 is 5.73 Å². The Morgan fingerprint density at radius 1 is 1.32 bits per heavy atom. The van der Waals surface area contributed by atoms with Gasteiger partial charge in [0.25, 0.3) is 5.91 Å². The normalized spacial score (nSPS) is 20.0. The molecule has 1 aromatic carbocycles. The van der Waals surface area contributed by atoms with Crippen molar-refractivity contribution in [2.24, 2.45) is 5.73 Å². The monoisotopic (exact) mass is 342 g/mol. The molecule has 1 fully saturated rings. The van der Waals surface area contributed by atoms with Crippen LogP contribution in [-0.4, -0.2) is 50.3 Å². The van der Waals surface area contributed by atoms with Crippen molar-refractivity contribution in [1.82, 2.24) is 14.7 Å². The zero-order valence-corrected chi connectivity index (χ0v) is 14.3. The number of benzene rings is 1. The molecule has 0 radical (unpaired) electrons. The van der Waals surface area contributed by atoms with E-state index < -0.39 is 12.0 Å². The number of carbonyl (C=O) groups excluding carboxylic acids is 1. The zero-order valence-electron chi connectivity index (χ0n) is 14.3. The zero-order chi connectivity index (χ0) is 18.1. The van der Waals surface area contributed by atoms with Crippen LogP contribution in [0.1, 0.15) is 33.7 Å². The summed E-state index contributed by atoms with van der Waals surface area (Å²) in [6.07, 6.45) is 0.284. The molecule has 7 nitrogen and oxygen atoms in total. The number of likely N-dealkylation sites (tertiary alicyclic amines) is 1. The Labute approximate surface area is 146 Å². The van der Waals surface area contributed by atoms with Gasteiger partial charge in [0.1, 0.15) is 6.04 Å². The number of aliphatic carboxylic acids is 1. The van der Waals surface area contributed by atoms with Crippen molar-refractivity contribution in [3.63, 3.8) is 0 Å². The first-order valence-corrected chi connectivity index (χ1v) is 8.24. The fourth-order valence-electron chi connectivity index (χ4n) is 3.30. The molecule has 1 saturated heterocycles. The molecule has 1 aliphatic rings. The van der Waals surface area contributed by atoms with Gasteiger partial charge in [-0.15, -0.1) is 0 Å².